The summed E-state index contributed by atoms with van der Waals surface area (Å²) < 4.78 is 5.53. The predicted molar refractivity (Wildman–Crippen MR) is 72.4 cm³/mol. The molecule has 0 fully saturated rings. The van der Waals surface area contributed by atoms with Gasteiger partial charge in [-0.15, -0.1) is 0 Å². The van der Waals surface area contributed by atoms with Crippen molar-refractivity contribution in [3.63, 3.8) is 0 Å². The first-order valence-electron chi connectivity index (χ1n) is 6.26. The van der Waals surface area contributed by atoms with E-state index in [1.807, 2.05) is 13.8 Å². The molecule has 102 valence electrons. The van der Waals surface area contributed by atoms with Gasteiger partial charge >= 0.3 is 0 Å². The Morgan fingerprint density at radius 2 is 1.95 bits per heavy atom. The van der Waals surface area contributed by atoms with Gasteiger partial charge in [-0.05, 0) is 6.42 Å². The highest BCUT2D eigenvalue weighted by Crippen LogP contribution is 2.20. The number of hydrazine groups is 1. The number of nitrogens with two attached hydrogens (primary N) is 1. The fraction of sp³-hybridized carbons (Fsp3) is 0.417. The van der Waals surface area contributed by atoms with Crippen molar-refractivity contribution in [2.24, 2.45) is 5.84 Å². The first kappa shape index (κ1) is 13.3. The van der Waals surface area contributed by atoms with Gasteiger partial charge < -0.3 is 15.2 Å². The van der Waals surface area contributed by atoms with Crippen molar-refractivity contribution in [2.75, 3.05) is 10.7 Å². The van der Waals surface area contributed by atoms with Gasteiger partial charge in [-0.2, -0.15) is 0 Å². The Morgan fingerprint density at radius 3 is 2.58 bits per heavy atom. The number of rotatable bonds is 6. The number of nitrogens with one attached hydrogen (secondary N) is 2. The molecular formula is C12H18N6O. The zero-order valence-electron chi connectivity index (χ0n) is 11.1. The van der Waals surface area contributed by atoms with E-state index in [2.05, 4.69) is 25.7 Å². The van der Waals surface area contributed by atoms with Crippen molar-refractivity contribution in [3.8, 4) is 0 Å². The van der Waals surface area contributed by atoms with Gasteiger partial charge in [0.25, 0.3) is 0 Å². The molecular weight excluding hydrogens is 244 g/mol. The van der Waals surface area contributed by atoms with E-state index in [-0.39, 0.29) is 0 Å². The average molecular weight is 262 g/mol. The molecule has 0 radical (unpaired) electrons. The Labute approximate surface area is 111 Å². The van der Waals surface area contributed by atoms with Crippen LogP contribution in [0.5, 0.6) is 0 Å². The normalized spacial score (nSPS) is 10.5. The first-order valence-corrected chi connectivity index (χ1v) is 6.26. The molecule has 0 saturated carbocycles. The summed E-state index contributed by atoms with van der Waals surface area (Å²) in [5, 5.41) is 3.19. The topological polar surface area (TPSA) is 102 Å². The second-order valence-corrected chi connectivity index (χ2v) is 3.97. The van der Waals surface area contributed by atoms with E-state index in [0.717, 1.165) is 30.0 Å². The summed E-state index contributed by atoms with van der Waals surface area (Å²) in [7, 11) is 0. The predicted octanol–water partition coefficient (Wildman–Crippen LogP) is 1.49. The van der Waals surface area contributed by atoms with Crippen LogP contribution < -0.4 is 16.6 Å². The molecule has 7 nitrogen and oxygen atoms in total. The molecule has 0 bridgehead atoms. The van der Waals surface area contributed by atoms with Crippen molar-refractivity contribution in [1.82, 2.24) is 15.0 Å². The molecule has 0 atom stereocenters. The number of hydrogen-bond donors (Lipinski definition) is 3. The third-order valence-corrected chi connectivity index (χ3v) is 2.79. The Hall–Kier alpha value is -2.15. The molecule has 2 rings (SSSR count). The molecule has 0 aliphatic rings. The molecule has 2 heterocycles. The molecule has 0 unspecified atom stereocenters. The van der Waals surface area contributed by atoms with Crippen LogP contribution >= 0.6 is 0 Å². The molecule has 0 saturated heterocycles. The van der Waals surface area contributed by atoms with E-state index in [1.165, 1.54) is 6.33 Å². The van der Waals surface area contributed by atoms with Crippen molar-refractivity contribution >= 4 is 11.6 Å². The van der Waals surface area contributed by atoms with Crippen LogP contribution in [0.4, 0.5) is 11.6 Å². The van der Waals surface area contributed by atoms with Gasteiger partial charge in [-0.1, -0.05) is 13.8 Å². The minimum atomic E-state index is 0.480. The smallest absolute Gasteiger partial charge is 0.213 e. The minimum Gasteiger partial charge on any atom is -0.444 e. The molecule has 2 aromatic rings. The lowest BCUT2D eigenvalue weighted by molar-refractivity contribution is 0.465. The summed E-state index contributed by atoms with van der Waals surface area (Å²) in [6.45, 7) is 4.52. The minimum absolute atomic E-state index is 0.480. The molecule has 4 N–H and O–H groups in total. The number of aryl methyl sites for hydroxylation is 1. The fourth-order valence-electron chi connectivity index (χ4n) is 1.78. The van der Waals surface area contributed by atoms with Crippen LogP contribution in [0.3, 0.4) is 0 Å². The molecule has 0 aromatic carbocycles. The molecule has 0 aliphatic heterocycles. The highest BCUT2D eigenvalue weighted by molar-refractivity contribution is 5.56. The Balaban J connectivity index is 2.10. The van der Waals surface area contributed by atoms with Gasteiger partial charge in [-0.25, -0.2) is 20.8 Å². The van der Waals surface area contributed by atoms with Crippen molar-refractivity contribution in [2.45, 2.75) is 33.2 Å². The number of oxazole rings is 1. The first-order chi connectivity index (χ1) is 9.28. The van der Waals surface area contributed by atoms with Crippen LogP contribution in [-0.2, 0) is 19.4 Å². The Kier molecular flexibility index (Phi) is 4.30. The Morgan fingerprint density at radius 1 is 1.16 bits per heavy atom. The summed E-state index contributed by atoms with van der Waals surface area (Å²) in [6.07, 6.45) is 4.81. The molecule has 0 aliphatic carbocycles. The van der Waals surface area contributed by atoms with Gasteiger partial charge in [0.05, 0.1) is 12.7 Å². The van der Waals surface area contributed by atoms with Crippen LogP contribution in [0, 0.1) is 0 Å². The van der Waals surface area contributed by atoms with Gasteiger partial charge in [0.15, 0.2) is 0 Å². The largest absolute Gasteiger partial charge is 0.444 e. The summed E-state index contributed by atoms with van der Waals surface area (Å²) >= 11 is 0. The zero-order chi connectivity index (χ0) is 13.7. The maximum atomic E-state index is 5.53. The second-order valence-electron chi connectivity index (χ2n) is 3.97. The SMILES string of the molecule is CCc1cnc(CNc2ncnc(NN)c2CC)o1. The van der Waals surface area contributed by atoms with E-state index in [4.69, 9.17) is 10.3 Å². The Bertz CT molecular complexity index is 539. The zero-order valence-corrected chi connectivity index (χ0v) is 11.1. The number of aromatic nitrogens is 3. The lowest BCUT2D eigenvalue weighted by atomic mass is 10.2. The molecule has 0 spiro atoms. The summed E-state index contributed by atoms with van der Waals surface area (Å²) in [5.41, 5.74) is 3.51. The van der Waals surface area contributed by atoms with Gasteiger partial charge in [-0.3, -0.25) is 0 Å². The highest BCUT2D eigenvalue weighted by atomic mass is 16.4. The van der Waals surface area contributed by atoms with Crippen molar-refractivity contribution in [3.05, 3.63) is 29.7 Å². The monoisotopic (exact) mass is 262 g/mol. The lowest BCUT2D eigenvalue weighted by Crippen LogP contribution is -2.14. The van der Waals surface area contributed by atoms with E-state index in [1.54, 1.807) is 6.20 Å². The molecule has 0 amide bonds. The van der Waals surface area contributed by atoms with Crippen molar-refractivity contribution < 1.29 is 4.42 Å². The number of nitrogen functional groups attached to an aromatic ring is 1. The summed E-state index contributed by atoms with van der Waals surface area (Å²) in [4.78, 5) is 12.5. The maximum Gasteiger partial charge on any atom is 0.213 e. The van der Waals surface area contributed by atoms with Crippen LogP contribution in [0.2, 0.25) is 0 Å². The van der Waals surface area contributed by atoms with Gasteiger partial charge in [0.2, 0.25) is 5.89 Å². The standard InChI is InChI=1S/C12H18N6O/c1-3-8-5-14-10(19-8)6-15-11-9(4-2)12(18-13)17-7-16-11/h5,7H,3-4,6,13H2,1-2H3,(H2,15,16,17,18). The summed E-state index contributed by atoms with van der Waals surface area (Å²) in [5.74, 6) is 8.30. The number of hydrogen-bond acceptors (Lipinski definition) is 7. The number of anilines is 2. The van der Waals surface area contributed by atoms with E-state index in [0.29, 0.717) is 18.3 Å². The van der Waals surface area contributed by atoms with Gasteiger partial charge in [0, 0.05) is 12.0 Å². The highest BCUT2D eigenvalue weighted by Gasteiger charge is 2.09. The second kappa shape index (κ2) is 6.14. The van der Waals surface area contributed by atoms with Crippen LogP contribution in [0.15, 0.2) is 16.9 Å². The van der Waals surface area contributed by atoms with E-state index < -0.39 is 0 Å². The van der Waals surface area contributed by atoms with Crippen LogP contribution in [0.1, 0.15) is 31.1 Å². The van der Waals surface area contributed by atoms with Crippen LogP contribution in [0.25, 0.3) is 0 Å². The van der Waals surface area contributed by atoms with E-state index >= 15 is 0 Å². The third kappa shape index (κ3) is 3.00. The van der Waals surface area contributed by atoms with Gasteiger partial charge in [0.1, 0.15) is 23.7 Å². The summed E-state index contributed by atoms with van der Waals surface area (Å²) in [6, 6.07) is 0. The average Bonchev–Trinajstić information content (AvgIpc) is 2.92. The van der Waals surface area contributed by atoms with E-state index in [9.17, 15) is 0 Å². The molecule has 7 heteroatoms. The molecule has 2 aromatic heterocycles. The molecule has 19 heavy (non-hydrogen) atoms. The maximum absolute atomic E-state index is 5.53. The number of nitrogens with zero attached hydrogens (tertiary/aromatic N) is 3. The lowest BCUT2D eigenvalue weighted by Gasteiger charge is -2.11. The van der Waals surface area contributed by atoms with Crippen LogP contribution in [-0.4, -0.2) is 15.0 Å². The third-order valence-electron chi connectivity index (χ3n) is 2.79. The quantitative estimate of drug-likeness (QED) is 0.535. The van der Waals surface area contributed by atoms with Crippen molar-refractivity contribution in [1.29, 1.82) is 0 Å². The fourth-order valence-corrected chi connectivity index (χ4v) is 1.78.